The number of rotatable bonds is 10. The van der Waals surface area contributed by atoms with E-state index in [9.17, 15) is 4.57 Å². The van der Waals surface area contributed by atoms with Crippen LogP contribution in [0.2, 0.25) is 0 Å². The molecule has 0 fully saturated rings. The summed E-state index contributed by atoms with van der Waals surface area (Å²) in [6, 6.07) is 0. The zero-order valence-corrected chi connectivity index (χ0v) is 12.8. The Balaban J connectivity index is 4.40. The Bertz CT molecular complexity index is 214. The lowest BCUT2D eigenvalue weighted by Crippen LogP contribution is -2.27. The highest BCUT2D eigenvalue weighted by atomic mass is 35.5. The van der Waals surface area contributed by atoms with Crippen LogP contribution in [0.1, 0.15) is 6.42 Å². The van der Waals surface area contributed by atoms with Gasteiger partial charge in [-0.3, -0.25) is 4.57 Å². The molecule has 0 saturated heterocycles. The van der Waals surface area contributed by atoms with Gasteiger partial charge in [-0.25, -0.2) is 4.67 Å². The molecule has 0 aliphatic carbocycles. The maximum atomic E-state index is 12.3. The highest BCUT2D eigenvalue weighted by Crippen LogP contribution is 2.51. The Morgan fingerprint density at radius 3 is 1.94 bits per heavy atom. The first-order valence-corrected chi connectivity index (χ1v) is 8.77. The van der Waals surface area contributed by atoms with Crippen molar-refractivity contribution in [1.82, 2.24) is 4.67 Å². The van der Waals surface area contributed by atoms with Crippen molar-refractivity contribution in [3.8, 4) is 0 Å². The summed E-state index contributed by atoms with van der Waals surface area (Å²) in [6.45, 7) is 1.22. The van der Waals surface area contributed by atoms with Gasteiger partial charge in [-0.1, -0.05) is 0 Å². The summed E-state index contributed by atoms with van der Waals surface area (Å²) in [6.07, 6.45) is 0.637. The fourth-order valence-electron chi connectivity index (χ4n) is 1.07. The largest absolute Gasteiger partial charge is 0.317 e. The van der Waals surface area contributed by atoms with Crippen molar-refractivity contribution >= 4 is 53.9 Å². The van der Waals surface area contributed by atoms with E-state index in [0.29, 0.717) is 43.8 Å². The normalized spacial score (nSPS) is 15.3. The van der Waals surface area contributed by atoms with E-state index in [1.807, 2.05) is 0 Å². The highest BCUT2D eigenvalue weighted by molar-refractivity contribution is 7.58. The number of hydrogen-bond acceptors (Lipinski definition) is 2. The van der Waals surface area contributed by atoms with Gasteiger partial charge in [-0.05, 0) is 6.42 Å². The van der Waals surface area contributed by atoms with Gasteiger partial charge in [0.15, 0.2) is 0 Å². The monoisotopic (exact) mass is 329 g/mol. The van der Waals surface area contributed by atoms with E-state index in [1.54, 1.807) is 4.67 Å². The van der Waals surface area contributed by atoms with E-state index in [4.69, 9.17) is 50.9 Å². The lowest BCUT2D eigenvalue weighted by atomic mass is 10.5. The van der Waals surface area contributed by atoms with Gasteiger partial charge in [-0.2, -0.15) is 0 Å². The van der Waals surface area contributed by atoms with Crippen molar-refractivity contribution in [2.24, 2.45) is 0 Å². The third-order valence-corrected chi connectivity index (χ3v) is 5.50. The summed E-state index contributed by atoms with van der Waals surface area (Å²) in [4.78, 5) is 0. The summed E-state index contributed by atoms with van der Waals surface area (Å²) in [5.74, 6) is 1.18. The van der Waals surface area contributed by atoms with Gasteiger partial charge in [0.25, 0.3) is 7.52 Å². The molecule has 0 aliphatic heterocycles. The first-order chi connectivity index (χ1) is 7.64. The SMILES string of the molecule is O=[P@@](CCl)(OCCCCl)N(CCCl)CCCl. The van der Waals surface area contributed by atoms with Crippen molar-refractivity contribution in [2.75, 3.05) is 43.0 Å². The van der Waals surface area contributed by atoms with Crippen LogP contribution >= 0.6 is 53.9 Å². The molecule has 0 aromatic rings. The van der Waals surface area contributed by atoms with Crippen molar-refractivity contribution < 1.29 is 9.09 Å². The number of alkyl halides is 4. The van der Waals surface area contributed by atoms with Gasteiger partial charge in [0.2, 0.25) is 0 Å². The van der Waals surface area contributed by atoms with Crippen LogP contribution in [0.25, 0.3) is 0 Å². The maximum Gasteiger partial charge on any atom is 0.286 e. The average Bonchev–Trinajstić information content (AvgIpc) is 2.29. The predicted molar refractivity (Wildman–Crippen MR) is 72.6 cm³/mol. The second-order valence-corrected chi connectivity index (χ2v) is 7.15. The van der Waals surface area contributed by atoms with E-state index in [-0.39, 0.29) is 5.62 Å². The second kappa shape index (κ2) is 10.3. The van der Waals surface area contributed by atoms with Crippen LogP contribution < -0.4 is 0 Å². The minimum Gasteiger partial charge on any atom is -0.317 e. The van der Waals surface area contributed by atoms with E-state index in [0.717, 1.165) is 0 Å². The molecule has 0 amide bonds. The summed E-state index contributed by atoms with van der Waals surface area (Å²) >= 11 is 22.5. The number of nitrogens with zero attached hydrogens (tertiary/aromatic N) is 1. The third-order valence-electron chi connectivity index (χ3n) is 1.84. The lowest BCUT2D eigenvalue weighted by Gasteiger charge is -2.28. The number of hydrogen-bond donors (Lipinski definition) is 0. The van der Waals surface area contributed by atoms with Crippen LogP contribution in [-0.4, -0.2) is 47.6 Å². The van der Waals surface area contributed by atoms with Crippen LogP contribution in [0.4, 0.5) is 0 Å². The number of halogens is 4. The molecular formula is C8H16Cl4NO2P. The predicted octanol–water partition coefficient (Wildman–Crippen LogP) is 3.80. The first-order valence-electron chi connectivity index (χ1n) is 4.87. The smallest absolute Gasteiger partial charge is 0.286 e. The van der Waals surface area contributed by atoms with Gasteiger partial charge in [0, 0.05) is 30.7 Å². The molecule has 0 aromatic carbocycles. The summed E-state index contributed by atoms with van der Waals surface area (Å²) in [5, 5.41) is 0. The molecule has 0 N–H and O–H groups in total. The second-order valence-electron chi connectivity index (χ2n) is 2.96. The Labute approximate surface area is 117 Å². The van der Waals surface area contributed by atoms with E-state index in [1.165, 1.54) is 0 Å². The van der Waals surface area contributed by atoms with Gasteiger partial charge in [0.1, 0.15) is 5.62 Å². The zero-order valence-electron chi connectivity index (χ0n) is 8.88. The van der Waals surface area contributed by atoms with Gasteiger partial charge in [-0.15, -0.1) is 46.4 Å². The van der Waals surface area contributed by atoms with Crippen LogP contribution in [-0.2, 0) is 9.09 Å². The molecular weight excluding hydrogens is 315 g/mol. The van der Waals surface area contributed by atoms with Crippen LogP contribution in [0, 0.1) is 0 Å². The molecule has 0 spiro atoms. The first kappa shape index (κ1) is 17.3. The third kappa shape index (κ3) is 6.30. The standard InChI is InChI=1S/C8H16Cl4NO2P/c9-2-1-7-15-16(14,8-12)13(5-3-10)6-4-11/h1-8H2/t16-/m0/s1. The van der Waals surface area contributed by atoms with Gasteiger partial charge in [0.05, 0.1) is 6.61 Å². The molecule has 0 aromatic heterocycles. The molecule has 98 valence electrons. The van der Waals surface area contributed by atoms with Gasteiger partial charge >= 0.3 is 0 Å². The van der Waals surface area contributed by atoms with Crippen LogP contribution in [0.3, 0.4) is 0 Å². The van der Waals surface area contributed by atoms with Crippen molar-refractivity contribution in [3.05, 3.63) is 0 Å². The Morgan fingerprint density at radius 1 is 1.00 bits per heavy atom. The topological polar surface area (TPSA) is 29.5 Å². The molecule has 0 radical (unpaired) electrons. The van der Waals surface area contributed by atoms with Crippen LogP contribution in [0.5, 0.6) is 0 Å². The lowest BCUT2D eigenvalue weighted by molar-refractivity contribution is 0.269. The van der Waals surface area contributed by atoms with Crippen molar-refractivity contribution in [2.45, 2.75) is 6.42 Å². The van der Waals surface area contributed by atoms with Crippen molar-refractivity contribution in [3.63, 3.8) is 0 Å². The summed E-state index contributed by atoms with van der Waals surface area (Å²) in [7, 11) is -3.00. The fourth-order valence-corrected chi connectivity index (χ4v) is 4.09. The molecule has 0 aliphatic rings. The molecule has 8 heteroatoms. The van der Waals surface area contributed by atoms with Crippen LogP contribution in [0.15, 0.2) is 0 Å². The fraction of sp³-hybridized carbons (Fsp3) is 1.00. The molecule has 3 nitrogen and oxygen atoms in total. The minimum atomic E-state index is -3.00. The summed E-state index contributed by atoms with van der Waals surface area (Å²) in [5.41, 5.74) is -0.0664. The minimum absolute atomic E-state index is 0.0664. The Morgan fingerprint density at radius 2 is 1.56 bits per heavy atom. The quantitative estimate of drug-likeness (QED) is 0.346. The Hall–Kier alpha value is 1.31. The van der Waals surface area contributed by atoms with E-state index < -0.39 is 7.52 Å². The van der Waals surface area contributed by atoms with Crippen molar-refractivity contribution in [1.29, 1.82) is 0 Å². The van der Waals surface area contributed by atoms with E-state index >= 15 is 0 Å². The molecule has 16 heavy (non-hydrogen) atoms. The molecule has 0 heterocycles. The molecule has 1 atom stereocenters. The molecule has 0 unspecified atom stereocenters. The molecule has 0 saturated carbocycles. The molecule has 0 rings (SSSR count). The zero-order chi connectivity index (χ0) is 12.4. The van der Waals surface area contributed by atoms with Gasteiger partial charge < -0.3 is 4.52 Å². The Kier molecular flexibility index (Phi) is 11.1. The molecule has 0 bridgehead atoms. The maximum absolute atomic E-state index is 12.3. The summed E-state index contributed by atoms with van der Waals surface area (Å²) < 4.78 is 19.3. The average molecular weight is 331 g/mol. The highest BCUT2D eigenvalue weighted by Gasteiger charge is 2.29. The van der Waals surface area contributed by atoms with E-state index in [2.05, 4.69) is 0 Å².